The second kappa shape index (κ2) is 9.17. The molecule has 1 aromatic heterocycles. The maximum absolute atomic E-state index is 12.2. The van der Waals surface area contributed by atoms with Gasteiger partial charge in [-0.1, -0.05) is 31.4 Å². The van der Waals surface area contributed by atoms with Crippen molar-refractivity contribution in [2.24, 2.45) is 0 Å². The number of carbonyl (C=O) groups is 1. The molecule has 1 aliphatic carbocycles. The summed E-state index contributed by atoms with van der Waals surface area (Å²) in [5, 5.41) is 6.29. The van der Waals surface area contributed by atoms with E-state index in [2.05, 4.69) is 20.6 Å². The van der Waals surface area contributed by atoms with Crippen molar-refractivity contribution in [3.8, 4) is 5.75 Å². The van der Waals surface area contributed by atoms with Gasteiger partial charge in [0.15, 0.2) is 0 Å². The molecule has 0 atom stereocenters. The minimum absolute atomic E-state index is 0.130. The highest BCUT2D eigenvalue weighted by atomic mass is 16.5. The number of methoxy groups -OCH3 is 1. The van der Waals surface area contributed by atoms with E-state index in [0.29, 0.717) is 11.5 Å². The zero-order valence-corrected chi connectivity index (χ0v) is 15.2. The van der Waals surface area contributed by atoms with Gasteiger partial charge in [0.25, 0.3) is 5.91 Å². The number of hydrogen-bond acceptors (Lipinski definition) is 5. The number of ether oxygens (including phenoxy) is 1. The maximum atomic E-state index is 12.2. The highest BCUT2D eigenvalue weighted by molar-refractivity contribution is 5.92. The minimum Gasteiger partial charge on any atom is -0.497 e. The summed E-state index contributed by atoms with van der Waals surface area (Å²) in [4.78, 5) is 20.8. The fourth-order valence-electron chi connectivity index (χ4n) is 3.17. The summed E-state index contributed by atoms with van der Waals surface area (Å²) in [6.07, 6.45) is 9.78. The lowest BCUT2D eigenvalue weighted by Gasteiger charge is -2.22. The van der Waals surface area contributed by atoms with Gasteiger partial charge < -0.3 is 15.4 Å². The molecule has 1 aliphatic rings. The molecule has 0 radical (unpaired) electrons. The standard InChI is InChI=1S/C20H26N4O2/c1-26-17-9-7-15(8-10-17)11-12-21-19-14-22-18(13-23-19)20(25)24-16-5-3-2-4-6-16/h7-10,13-14,16H,2-6,11-12H2,1H3,(H,21,23)(H,24,25). The molecule has 1 saturated carbocycles. The number of nitrogens with zero attached hydrogens (tertiary/aromatic N) is 2. The average molecular weight is 354 g/mol. The highest BCUT2D eigenvalue weighted by Crippen LogP contribution is 2.17. The van der Waals surface area contributed by atoms with Crippen LogP contribution in [-0.2, 0) is 6.42 Å². The zero-order valence-electron chi connectivity index (χ0n) is 15.2. The minimum atomic E-state index is -0.130. The van der Waals surface area contributed by atoms with E-state index in [1.165, 1.54) is 31.0 Å². The van der Waals surface area contributed by atoms with Crippen molar-refractivity contribution >= 4 is 11.7 Å². The molecule has 0 saturated heterocycles. The molecule has 2 aromatic rings. The van der Waals surface area contributed by atoms with E-state index in [-0.39, 0.29) is 11.9 Å². The number of benzene rings is 1. The molecule has 0 spiro atoms. The lowest BCUT2D eigenvalue weighted by Crippen LogP contribution is -2.36. The van der Waals surface area contributed by atoms with E-state index in [0.717, 1.165) is 31.6 Å². The molecule has 6 heteroatoms. The SMILES string of the molecule is COc1ccc(CCNc2cnc(C(=O)NC3CCCCC3)cn2)cc1. The van der Waals surface area contributed by atoms with Gasteiger partial charge in [0.2, 0.25) is 0 Å². The van der Waals surface area contributed by atoms with E-state index in [4.69, 9.17) is 4.74 Å². The average Bonchev–Trinajstić information content (AvgIpc) is 2.70. The van der Waals surface area contributed by atoms with Gasteiger partial charge in [-0.2, -0.15) is 0 Å². The van der Waals surface area contributed by atoms with Gasteiger partial charge in [-0.05, 0) is 37.0 Å². The Morgan fingerprint density at radius 3 is 2.54 bits per heavy atom. The number of nitrogens with one attached hydrogen (secondary N) is 2. The van der Waals surface area contributed by atoms with Gasteiger partial charge in [-0.3, -0.25) is 4.79 Å². The van der Waals surface area contributed by atoms with Crippen LogP contribution in [0.25, 0.3) is 0 Å². The van der Waals surface area contributed by atoms with Crippen molar-refractivity contribution in [1.82, 2.24) is 15.3 Å². The molecule has 1 aromatic carbocycles. The molecular formula is C20H26N4O2. The van der Waals surface area contributed by atoms with Crippen LogP contribution in [0.15, 0.2) is 36.7 Å². The van der Waals surface area contributed by atoms with Crippen LogP contribution in [0.3, 0.4) is 0 Å². The van der Waals surface area contributed by atoms with Gasteiger partial charge in [-0.25, -0.2) is 9.97 Å². The van der Waals surface area contributed by atoms with Gasteiger partial charge in [-0.15, -0.1) is 0 Å². The van der Waals surface area contributed by atoms with Crippen molar-refractivity contribution in [2.75, 3.05) is 19.0 Å². The Kier molecular flexibility index (Phi) is 6.41. The monoisotopic (exact) mass is 354 g/mol. The summed E-state index contributed by atoms with van der Waals surface area (Å²) < 4.78 is 5.15. The summed E-state index contributed by atoms with van der Waals surface area (Å²) in [5.74, 6) is 1.40. The van der Waals surface area contributed by atoms with Crippen LogP contribution in [0.5, 0.6) is 5.75 Å². The Balaban J connectivity index is 1.45. The Hall–Kier alpha value is -2.63. The van der Waals surface area contributed by atoms with Gasteiger partial charge in [0.05, 0.1) is 19.5 Å². The Labute approximate surface area is 154 Å². The molecule has 3 rings (SSSR count). The third-order valence-electron chi connectivity index (χ3n) is 4.70. The smallest absolute Gasteiger partial charge is 0.271 e. The van der Waals surface area contributed by atoms with Crippen LogP contribution >= 0.6 is 0 Å². The van der Waals surface area contributed by atoms with E-state index in [1.807, 2.05) is 24.3 Å². The Bertz CT molecular complexity index is 695. The number of anilines is 1. The first kappa shape index (κ1) is 18.2. The number of rotatable bonds is 7. The molecule has 138 valence electrons. The summed E-state index contributed by atoms with van der Waals surface area (Å²) in [5.41, 5.74) is 1.59. The normalized spacial score (nSPS) is 14.7. The Morgan fingerprint density at radius 2 is 1.88 bits per heavy atom. The third kappa shape index (κ3) is 5.18. The van der Waals surface area contributed by atoms with Crippen LogP contribution in [0.1, 0.15) is 48.2 Å². The lowest BCUT2D eigenvalue weighted by molar-refractivity contribution is 0.0922. The number of amides is 1. The third-order valence-corrected chi connectivity index (χ3v) is 4.70. The maximum Gasteiger partial charge on any atom is 0.271 e. The molecule has 1 fully saturated rings. The second-order valence-corrected chi connectivity index (χ2v) is 6.62. The molecular weight excluding hydrogens is 328 g/mol. The summed E-state index contributed by atoms with van der Waals surface area (Å²) in [6.45, 7) is 0.745. The van der Waals surface area contributed by atoms with Crippen molar-refractivity contribution < 1.29 is 9.53 Å². The van der Waals surface area contributed by atoms with Crippen LogP contribution in [0.4, 0.5) is 5.82 Å². The second-order valence-electron chi connectivity index (χ2n) is 6.62. The number of hydrogen-bond donors (Lipinski definition) is 2. The molecule has 2 N–H and O–H groups in total. The van der Waals surface area contributed by atoms with E-state index in [1.54, 1.807) is 13.3 Å². The fraction of sp³-hybridized carbons (Fsp3) is 0.450. The molecule has 1 amide bonds. The van der Waals surface area contributed by atoms with Crippen LogP contribution in [0, 0.1) is 0 Å². The Morgan fingerprint density at radius 1 is 1.12 bits per heavy atom. The summed E-state index contributed by atoms with van der Waals surface area (Å²) in [6, 6.07) is 8.28. The van der Waals surface area contributed by atoms with Crippen molar-refractivity contribution in [3.63, 3.8) is 0 Å². The number of carbonyl (C=O) groups excluding carboxylic acids is 1. The topological polar surface area (TPSA) is 76.1 Å². The van der Waals surface area contributed by atoms with Gasteiger partial charge >= 0.3 is 0 Å². The van der Waals surface area contributed by atoms with E-state index >= 15 is 0 Å². The largest absolute Gasteiger partial charge is 0.497 e. The molecule has 1 heterocycles. The summed E-state index contributed by atoms with van der Waals surface area (Å²) >= 11 is 0. The molecule has 6 nitrogen and oxygen atoms in total. The van der Waals surface area contributed by atoms with Crippen molar-refractivity contribution in [2.45, 2.75) is 44.6 Å². The predicted molar refractivity (Wildman–Crippen MR) is 102 cm³/mol. The van der Waals surface area contributed by atoms with Crippen LogP contribution < -0.4 is 15.4 Å². The predicted octanol–water partition coefficient (Wildman–Crippen LogP) is 3.20. The fourth-order valence-corrected chi connectivity index (χ4v) is 3.17. The first-order valence-electron chi connectivity index (χ1n) is 9.24. The van der Waals surface area contributed by atoms with Crippen molar-refractivity contribution in [1.29, 1.82) is 0 Å². The van der Waals surface area contributed by atoms with Crippen LogP contribution in [0.2, 0.25) is 0 Å². The van der Waals surface area contributed by atoms with E-state index in [9.17, 15) is 4.79 Å². The molecule has 0 aliphatic heterocycles. The first-order chi connectivity index (χ1) is 12.7. The molecule has 0 unspecified atom stereocenters. The summed E-state index contributed by atoms with van der Waals surface area (Å²) in [7, 11) is 1.66. The van der Waals surface area contributed by atoms with E-state index < -0.39 is 0 Å². The van der Waals surface area contributed by atoms with Crippen LogP contribution in [-0.4, -0.2) is 35.6 Å². The molecule has 0 bridgehead atoms. The van der Waals surface area contributed by atoms with Gasteiger partial charge in [0, 0.05) is 12.6 Å². The van der Waals surface area contributed by atoms with Gasteiger partial charge in [0.1, 0.15) is 17.3 Å². The zero-order chi connectivity index (χ0) is 18.2. The molecule has 26 heavy (non-hydrogen) atoms. The van der Waals surface area contributed by atoms with Crippen molar-refractivity contribution in [3.05, 3.63) is 47.9 Å². The number of aromatic nitrogens is 2. The lowest BCUT2D eigenvalue weighted by atomic mass is 9.95. The highest BCUT2D eigenvalue weighted by Gasteiger charge is 2.17. The first-order valence-corrected chi connectivity index (χ1v) is 9.24. The quantitative estimate of drug-likeness (QED) is 0.798.